The monoisotopic (exact) mass is 702 g/mol. The molecule has 2 aliphatic heterocycles. The van der Waals surface area contributed by atoms with Crippen LogP contribution in [0.15, 0.2) is 0 Å². The Kier molecular flexibility index (Phi) is 15.6. The van der Waals surface area contributed by atoms with Crippen molar-refractivity contribution in [3.05, 3.63) is 0 Å². The van der Waals surface area contributed by atoms with Crippen molar-refractivity contribution in [1.82, 2.24) is 30.1 Å². The molecule has 2 fully saturated rings. The van der Waals surface area contributed by atoms with Crippen LogP contribution in [0.25, 0.3) is 0 Å². The van der Waals surface area contributed by atoms with Crippen LogP contribution < -0.4 is 31.5 Å². The Balaban J connectivity index is 2.21. The SMILES string of the molecule is CCCCN(c1nc(N(CCCN)CCNCCCN)nc(N(CCCC)C2CC(C)(C)N(C)C(C)(C)C2)n1)C1CC(C)(C)N(C)C(C)(C)C1. The molecular formula is C39H79N11. The molecule has 1 aromatic rings. The Morgan fingerprint density at radius 1 is 0.580 bits per heavy atom. The van der Waals surface area contributed by atoms with Gasteiger partial charge in [0, 0.05) is 67.0 Å². The van der Waals surface area contributed by atoms with Crippen molar-refractivity contribution in [2.75, 3.05) is 81.2 Å². The Morgan fingerprint density at radius 2 is 0.980 bits per heavy atom. The molecule has 0 aromatic carbocycles. The quantitative estimate of drug-likeness (QED) is 0.150. The predicted octanol–water partition coefficient (Wildman–Crippen LogP) is 5.48. The molecule has 2 saturated heterocycles. The highest BCUT2D eigenvalue weighted by molar-refractivity contribution is 5.48. The normalized spacial score (nSPS) is 21.0. The second kappa shape index (κ2) is 18.3. The Hall–Kier alpha value is -1.79. The lowest BCUT2D eigenvalue weighted by Crippen LogP contribution is -2.63. The molecule has 0 amide bonds. The maximum Gasteiger partial charge on any atom is 0.232 e. The molecule has 2 aliphatic rings. The maximum atomic E-state index is 6.10. The van der Waals surface area contributed by atoms with Gasteiger partial charge in [0.2, 0.25) is 17.8 Å². The second-order valence-electron chi connectivity index (χ2n) is 17.8. The Morgan fingerprint density at radius 3 is 1.36 bits per heavy atom. The summed E-state index contributed by atoms with van der Waals surface area (Å²) in [5, 5.41) is 3.59. The van der Waals surface area contributed by atoms with Crippen molar-refractivity contribution in [2.24, 2.45) is 11.5 Å². The molecule has 0 unspecified atom stereocenters. The Labute approximate surface area is 307 Å². The van der Waals surface area contributed by atoms with E-state index >= 15 is 0 Å². The van der Waals surface area contributed by atoms with Gasteiger partial charge in [0.1, 0.15) is 0 Å². The molecular weight excluding hydrogens is 623 g/mol. The maximum absolute atomic E-state index is 6.10. The van der Waals surface area contributed by atoms with Gasteiger partial charge >= 0.3 is 0 Å². The number of aromatic nitrogens is 3. The number of unbranched alkanes of at least 4 members (excludes halogenated alkanes) is 2. The minimum Gasteiger partial charge on any atom is -0.339 e. The largest absolute Gasteiger partial charge is 0.339 e. The first-order chi connectivity index (χ1) is 23.4. The third-order valence-electron chi connectivity index (χ3n) is 12.1. The number of nitrogens with one attached hydrogen (secondary N) is 1. The zero-order valence-electron chi connectivity index (χ0n) is 34.6. The van der Waals surface area contributed by atoms with Crippen LogP contribution in [-0.2, 0) is 0 Å². The number of rotatable bonds is 20. The third-order valence-corrected chi connectivity index (χ3v) is 12.1. The van der Waals surface area contributed by atoms with E-state index in [1.165, 1.54) is 0 Å². The van der Waals surface area contributed by atoms with E-state index in [1.54, 1.807) is 0 Å². The van der Waals surface area contributed by atoms with Gasteiger partial charge in [-0.3, -0.25) is 9.80 Å². The number of likely N-dealkylation sites (tertiary alicyclic amines) is 2. The fraction of sp³-hybridized carbons (Fsp3) is 0.923. The van der Waals surface area contributed by atoms with Gasteiger partial charge in [-0.15, -0.1) is 0 Å². The van der Waals surface area contributed by atoms with Crippen molar-refractivity contribution in [3.63, 3.8) is 0 Å². The number of hydrogen-bond acceptors (Lipinski definition) is 11. The average molecular weight is 702 g/mol. The van der Waals surface area contributed by atoms with E-state index in [2.05, 4.69) is 113 Å². The Bertz CT molecular complexity index is 1040. The van der Waals surface area contributed by atoms with Gasteiger partial charge in [-0.1, -0.05) is 26.7 Å². The van der Waals surface area contributed by atoms with E-state index in [9.17, 15) is 0 Å². The number of piperidine rings is 2. The summed E-state index contributed by atoms with van der Waals surface area (Å²) in [4.78, 5) is 29.0. The zero-order chi connectivity index (χ0) is 37.3. The minimum atomic E-state index is 0.0520. The fourth-order valence-electron chi connectivity index (χ4n) is 8.53. The number of anilines is 3. The second-order valence-corrected chi connectivity index (χ2v) is 17.8. The van der Waals surface area contributed by atoms with Crippen molar-refractivity contribution in [3.8, 4) is 0 Å². The number of hydrogen-bond donors (Lipinski definition) is 3. The van der Waals surface area contributed by atoms with Gasteiger partial charge < -0.3 is 31.5 Å². The van der Waals surface area contributed by atoms with Gasteiger partial charge in [0.15, 0.2) is 0 Å². The van der Waals surface area contributed by atoms with Crippen LogP contribution in [0.1, 0.15) is 133 Å². The predicted molar refractivity (Wildman–Crippen MR) is 215 cm³/mol. The fourth-order valence-corrected chi connectivity index (χ4v) is 8.53. The van der Waals surface area contributed by atoms with Gasteiger partial charge in [0.05, 0.1) is 0 Å². The summed E-state index contributed by atoms with van der Waals surface area (Å²) in [6, 6.07) is 0.651. The van der Waals surface area contributed by atoms with E-state index in [4.69, 9.17) is 26.4 Å². The molecule has 0 aliphatic carbocycles. The lowest BCUT2D eigenvalue weighted by molar-refractivity contribution is -0.0130. The van der Waals surface area contributed by atoms with E-state index in [1.807, 2.05) is 0 Å². The molecule has 290 valence electrons. The van der Waals surface area contributed by atoms with E-state index in [0.717, 1.165) is 121 Å². The topological polar surface area (TPSA) is 119 Å². The lowest BCUT2D eigenvalue weighted by Gasteiger charge is -2.56. The zero-order valence-corrected chi connectivity index (χ0v) is 34.6. The molecule has 0 bridgehead atoms. The van der Waals surface area contributed by atoms with Crippen LogP contribution in [0.2, 0.25) is 0 Å². The van der Waals surface area contributed by atoms with Crippen LogP contribution in [0.5, 0.6) is 0 Å². The molecule has 50 heavy (non-hydrogen) atoms. The summed E-state index contributed by atoms with van der Waals surface area (Å²) in [5.74, 6) is 2.45. The third kappa shape index (κ3) is 10.9. The molecule has 11 nitrogen and oxygen atoms in total. The summed E-state index contributed by atoms with van der Waals surface area (Å²) < 4.78 is 0. The van der Waals surface area contributed by atoms with Crippen LogP contribution in [0.4, 0.5) is 17.8 Å². The smallest absolute Gasteiger partial charge is 0.232 e. The van der Waals surface area contributed by atoms with Gasteiger partial charge in [-0.25, -0.2) is 0 Å². The van der Waals surface area contributed by atoms with Crippen molar-refractivity contribution < 1.29 is 0 Å². The summed E-state index contributed by atoms with van der Waals surface area (Å²) in [6.07, 6.45) is 10.5. The van der Waals surface area contributed by atoms with Crippen LogP contribution in [0, 0.1) is 0 Å². The highest BCUT2D eigenvalue weighted by Gasteiger charge is 2.47. The average Bonchev–Trinajstić information content (AvgIpc) is 3.03. The van der Waals surface area contributed by atoms with Crippen LogP contribution in [-0.4, -0.2) is 125 Å². The molecule has 0 atom stereocenters. The van der Waals surface area contributed by atoms with Gasteiger partial charge in [0.25, 0.3) is 0 Å². The molecule has 1 aromatic heterocycles. The molecule has 5 N–H and O–H groups in total. The number of nitrogens with two attached hydrogens (primary N) is 2. The van der Waals surface area contributed by atoms with E-state index < -0.39 is 0 Å². The van der Waals surface area contributed by atoms with E-state index in [-0.39, 0.29) is 22.2 Å². The summed E-state index contributed by atoms with van der Waals surface area (Å²) >= 11 is 0. The van der Waals surface area contributed by atoms with Crippen molar-refractivity contribution in [1.29, 1.82) is 0 Å². The molecule has 3 rings (SSSR count). The molecule has 0 saturated carbocycles. The molecule has 3 heterocycles. The lowest BCUT2D eigenvalue weighted by atomic mass is 9.77. The first-order valence-electron chi connectivity index (χ1n) is 20.1. The molecule has 11 heteroatoms. The summed E-state index contributed by atoms with van der Waals surface area (Å²) in [6.45, 7) is 30.3. The summed E-state index contributed by atoms with van der Waals surface area (Å²) in [7, 11) is 4.58. The highest BCUT2D eigenvalue weighted by Crippen LogP contribution is 2.42. The van der Waals surface area contributed by atoms with Gasteiger partial charge in [-0.05, 0) is 140 Å². The highest BCUT2D eigenvalue weighted by atomic mass is 15.4. The molecule has 0 radical (unpaired) electrons. The number of nitrogens with zero attached hydrogens (tertiary/aromatic N) is 8. The first kappa shape index (κ1) is 42.6. The van der Waals surface area contributed by atoms with E-state index in [0.29, 0.717) is 25.2 Å². The first-order valence-corrected chi connectivity index (χ1v) is 20.1. The minimum absolute atomic E-state index is 0.0520. The van der Waals surface area contributed by atoms with Gasteiger partial charge in [-0.2, -0.15) is 15.0 Å². The van der Waals surface area contributed by atoms with Crippen LogP contribution >= 0.6 is 0 Å². The summed E-state index contributed by atoms with van der Waals surface area (Å²) in [5.41, 5.74) is 12.1. The van der Waals surface area contributed by atoms with Crippen LogP contribution in [0.3, 0.4) is 0 Å². The van der Waals surface area contributed by atoms with Crippen molar-refractivity contribution in [2.45, 2.75) is 168 Å². The standard InChI is InChI=1S/C39H79N11/c1-13-15-24-49(31-27-36(3,4)46(11)37(5,6)28-31)34-43-33(48(23-18-20-41)26-22-42-21-17-19-40)44-35(45-34)50(25-16-14-2)32-29-38(7,8)47(12)39(9,10)30-32/h31-32,42H,13-30,40-41H2,1-12H3. The van der Waals surface area contributed by atoms with Crippen molar-refractivity contribution >= 4 is 17.8 Å². The molecule has 0 spiro atoms.